The molecule has 0 aliphatic rings. The van der Waals surface area contributed by atoms with Gasteiger partial charge >= 0.3 is 6.48 Å². The summed E-state index contributed by atoms with van der Waals surface area (Å²) in [7, 11) is 0. The first-order valence-corrected chi connectivity index (χ1v) is 11.3. The van der Waals surface area contributed by atoms with Gasteiger partial charge in [0.25, 0.3) is 0 Å². The van der Waals surface area contributed by atoms with Crippen LogP contribution in [0.4, 0.5) is 0 Å². The maximum absolute atomic E-state index is 6.05. The van der Waals surface area contributed by atoms with Crippen molar-refractivity contribution in [1.82, 2.24) is 0 Å². The standard InChI is InChI=1S/C28H24Cl2O3/c1-28(2,20-6-4-3-5-7-20)21-8-14-24(15-9-21)31-27(32-25-16-10-22(29)11-17-25)33-26-18-12-23(30)13-19-26/h3-19,27H,1-2H3. The molecule has 4 rings (SSSR count). The maximum Gasteiger partial charge on any atom is 0.406 e. The van der Waals surface area contributed by atoms with Gasteiger partial charge in [0, 0.05) is 15.5 Å². The topological polar surface area (TPSA) is 27.7 Å². The summed E-state index contributed by atoms with van der Waals surface area (Å²) in [5.41, 5.74) is 2.28. The normalized spacial score (nSPS) is 11.3. The molecule has 0 spiro atoms. The number of ether oxygens (including phenoxy) is 3. The molecule has 168 valence electrons. The Kier molecular flexibility index (Phi) is 7.12. The summed E-state index contributed by atoms with van der Waals surface area (Å²) >= 11 is 12.0. The number of hydrogen-bond donors (Lipinski definition) is 0. The van der Waals surface area contributed by atoms with Crippen molar-refractivity contribution >= 4 is 23.2 Å². The maximum atomic E-state index is 6.05. The Morgan fingerprint density at radius 2 is 0.879 bits per heavy atom. The summed E-state index contributed by atoms with van der Waals surface area (Å²) in [6.45, 7) is 3.39. The first-order chi connectivity index (χ1) is 15.9. The lowest BCUT2D eigenvalue weighted by atomic mass is 9.78. The van der Waals surface area contributed by atoms with E-state index < -0.39 is 6.48 Å². The summed E-state index contributed by atoms with van der Waals surface area (Å²) in [5, 5.41) is 1.24. The zero-order valence-electron chi connectivity index (χ0n) is 18.4. The number of benzene rings is 4. The fourth-order valence-corrected chi connectivity index (χ4v) is 3.66. The van der Waals surface area contributed by atoms with Crippen molar-refractivity contribution in [1.29, 1.82) is 0 Å². The van der Waals surface area contributed by atoms with Crippen LogP contribution in [0.1, 0.15) is 25.0 Å². The van der Waals surface area contributed by atoms with Crippen molar-refractivity contribution in [3.63, 3.8) is 0 Å². The van der Waals surface area contributed by atoms with Gasteiger partial charge in [0.1, 0.15) is 17.2 Å². The summed E-state index contributed by atoms with van der Waals surface area (Å²) in [6, 6.07) is 32.4. The molecule has 0 saturated carbocycles. The molecule has 3 nitrogen and oxygen atoms in total. The summed E-state index contributed by atoms with van der Waals surface area (Å²) in [6.07, 6.45) is 0. The van der Waals surface area contributed by atoms with Gasteiger partial charge in [0.2, 0.25) is 0 Å². The Labute approximate surface area is 204 Å². The van der Waals surface area contributed by atoms with Gasteiger partial charge in [-0.25, -0.2) is 0 Å². The molecule has 0 aliphatic heterocycles. The highest BCUT2D eigenvalue weighted by Gasteiger charge is 2.23. The van der Waals surface area contributed by atoms with Crippen LogP contribution in [0.2, 0.25) is 10.0 Å². The molecule has 0 bridgehead atoms. The number of rotatable bonds is 8. The minimum Gasteiger partial charge on any atom is -0.423 e. The highest BCUT2D eigenvalue weighted by atomic mass is 35.5. The molecule has 0 fully saturated rings. The van der Waals surface area contributed by atoms with Gasteiger partial charge in [-0.3, -0.25) is 0 Å². The second-order valence-corrected chi connectivity index (χ2v) is 8.94. The van der Waals surface area contributed by atoms with E-state index in [1.165, 1.54) is 11.1 Å². The van der Waals surface area contributed by atoms with Gasteiger partial charge in [0.05, 0.1) is 0 Å². The molecule has 0 atom stereocenters. The van der Waals surface area contributed by atoms with Gasteiger partial charge in [-0.05, 0) is 71.8 Å². The zero-order chi connectivity index (χ0) is 23.3. The minimum absolute atomic E-state index is 0.140. The van der Waals surface area contributed by atoms with Crippen molar-refractivity contribution in [2.24, 2.45) is 0 Å². The molecule has 4 aromatic carbocycles. The first-order valence-electron chi connectivity index (χ1n) is 10.6. The second-order valence-electron chi connectivity index (χ2n) is 8.07. The molecule has 0 aliphatic carbocycles. The highest BCUT2D eigenvalue weighted by Crippen LogP contribution is 2.32. The molecule has 0 aromatic heterocycles. The largest absolute Gasteiger partial charge is 0.423 e. The van der Waals surface area contributed by atoms with E-state index in [0.29, 0.717) is 27.3 Å². The summed E-state index contributed by atoms with van der Waals surface area (Å²) in [5.74, 6) is 1.76. The number of halogens is 2. The van der Waals surface area contributed by atoms with E-state index in [4.69, 9.17) is 37.4 Å². The van der Waals surface area contributed by atoms with Gasteiger partial charge in [-0.1, -0.05) is 79.5 Å². The highest BCUT2D eigenvalue weighted by molar-refractivity contribution is 6.30. The molecule has 0 amide bonds. The third-order valence-electron chi connectivity index (χ3n) is 5.40. The van der Waals surface area contributed by atoms with Crippen molar-refractivity contribution in [2.75, 3.05) is 0 Å². The van der Waals surface area contributed by atoms with E-state index in [-0.39, 0.29) is 5.41 Å². The number of hydrogen-bond acceptors (Lipinski definition) is 3. The van der Waals surface area contributed by atoms with E-state index in [2.05, 4.69) is 50.2 Å². The first kappa shape index (κ1) is 23.0. The Balaban J connectivity index is 1.53. The van der Waals surface area contributed by atoms with Crippen LogP contribution in [0.5, 0.6) is 17.2 Å². The lowest BCUT2D eigenvalue weighted by molar-refractivity contribution is -0.140. The average Bonchev–Trinajstić information content (AvgIpc) is 2.83. The Hall–Kier alpha value is -3.14. The van der Waals surface area contributed by atoms with Gasteiger partial charge in [0.15, 0.2) is 0 Å². The van der Waals surface area contributed by atoms with E-state index in [1.54, 1.807) is 48.5 Å². The predicted octanol–water partition coefficient (Wildman–Crippen LogP) is 8.14. The molecule has 0 radical (unpaired) electrons. The minimum atomic E-state index is -1.01. The average molecular weight is 479 g/mol. The Morgan fingerprint density at radius 3 is 1.30 bits per heavy atom. The quantitative estimate of drug-likeness (QED) is 0.239. The van der Waals surface area contributed by atoms with Gasteiger partial charge in [-0.2, -0.15) is 0 Å². The summed E-state index contributed by atoms with van der Waals surface area (Å²) in [4.78, 5) is 0. The van der Waals surface area contributed by atoms with Crippen LogP contribution >= 0.6 is 23.2 Å². The smallest absolute Gasteiger partial charge is 0.406 e. The van der Waals surface area contributed by atoms with E-state index in [9.17, 15) is 0 Å². The van der Waals surface area contributed by atoms with Crippen LogP contribution in [-0.2, 0) is 5.41 Å². The second kappa shape index (κ2) is 10.2. The van der Waals surface area contributed by atoms with Gasteiger partial charge < -0.3 is 14.2 Å². The Morgan fingerprint density at radius 1 is 0.515 bits per heavy atom. The molecular weight excluding hydrogens is 455 g/mol. The monoisotopic (exact) mass is 478 g/mol. The lowest BCUT2D eigenvalue weighted by Gasteiger charge is -2.26. The molecule has 33 heavy (non-hydrogen) atoms. The fourth-order valence-electron chi connectivity index (χ4n) is 3.40. The third kappa shape index (κ3) is 6.01. The van der Waals surface area contributed by atoms with Crippen LogP contribution in [0.3, 0.4) is 0 Å². The molecule has 0 unspecified atom stereocenters. The fraction of sp³-hybridized carbons (Fsp3) is 0.143. The predicted molar refractivity (Wildman–Crippen MR) is 134 cm³/mol. The Bertz CT molecular complexity index is 1110. The molecule has 0 heterocycles. The van der Waals surface area contributed by atoms with Crippen LogP contribution in [0, 0.1) is 0 Å². The molecule has 5 heteroatoms. The summed E-state index contributed by atoms with van der Waals surface area (Å²) < 4.78 is 17.9. The van der Waals surface area contributed by atoms with Crippen molar-refractivity contribution in [2.45, 2.75) is 25.7 Å². The SMILES string of the molecule is CC(C)(c1ccccc1)c1ccc(OC(Oc2ccc(Cl)cc2)Oc2ccc(Cl)cc2)cc1. The lowest BCUT2D eigenvalue weighted by Crippen LogP contribution is -2.30. The van der Waals surface area contributed by atoms with E-state index >= 15 is 0 Å². The molecule has 4 aromatic rings. The van der Waals surface area contributed by atoms with Gasteiger partial charge in [-0.15, -0.1) is 0 Å². The van der Waals surface area contributed by atoms with Crippen LogP contribution in [0.15, 0.2) is 103 Å². The molecular formula is C28H24Cl2O3. The van der Waals surface area contributed by atoms with Crippen LogP contribution in [-0.4, -0.2) is 6.48 Å². The van der Waals surface area contributed by atoms with Crippen molar-refractivity contribution < 1.29 is 14.2 Å². The zero-order valence-corrected chi connectivity index (χ0v) is 19.9. The van der Waals surface area contributed by atoms with E-state index in [1.807, 2.05) is 18.2 Å². The molecule has 0 saturated heterocycles. The molecule has 0 N–H and O–H groups in total. The van der Waals surface area contributed by atoms with Crippen LogP contribution < -0.4 is 14.2 Å². The van der Waals surface area contributed by atoms with E-state index in [0.717, 1.165) is 0 Å². The van der Waals surface area contributed by atoms with Crippen molar-refractivity contribution in [3.8, 4) is 17.2 Å². The van der Waals surface area contributed by atoms with Crippen LogP contribution in [0.25, 0.3) is 0 Å². The third-order valence-corrected chi connectivity index (χ3v) is 5.90. The van der Waals surface area contributed by atoms with Crippen molar-refractivity contribution in [3.05, 3.63) is 124 Å².